The van der Waals surface area contributed by atoms with Gasteiger partial charge in [0.25, 0.3) is 5.91 Å². The first kappa shape index (κ1) is 17.3. The highest BCUT2D eigenvalue weighted by Crippen LogP contribution is 2.20. The summed E-state index contributed by atoms with van der Waals surface area (Å²) >= 11 is 3.37. The van der Waals surface area contributed by atoms with Crippen molar-refractivity contribution in [2.75, 3.05) is 26.2 Å². The van der Waals surface area contributed by atoms with Gasteiger partial charge in [0.1, 0.15) is 5.75 Å². The van der Waals surface area contributed by atoms with Gasteiger partial charge in [-0.05, 0) is 64.0 Å². The van der Waals surface area contributed by atoms with E-state index in [-0.39, 0.29) is 18.1 Å². The number of likely N-dealkylation sites (tertiary alicyclic amines) is 1. The molecule has 0 unspecified atom stereocenters. The third-order valence-corrected chi connectivity index (χ3v) is 4.64. The second-order valence-corrected chi connectivity index (χ2v) is 7.30. The van der Waals surface area contributed by atoms with Gasteiger partial charge in [-0.1, -0.05) is 22.4 Å². The first-order valence-corrected chi connectivity index (χ1v) is 8.67. The van der Waals surface area contributed by atoms with Crippen LogP contribution in [0, 0.1) is 0 Å². The molecule has 0 aliphatic carbocycles. The fourth-order valence-electron chi connectivity index (χ4n) is 2.66. The van der Waals surface area contributed by atoms with Crippen LogP contribution in [0.4, 0.5) is 0 Å². The maximum atomic E-state index is 11.9. The van der Waals surface area contributed by atoms with E-state index in [1.165, 1.54) is 19.3 Å². The van der Waals surface area contributed by atoms with Crippen molar-refractivity contribution < 1.29 is 9.53 Å². The van der Waals surface area contributed by atoms with Gasteiger partial charge in [-0.25, -0.2) is 0 Å². The summed E-state index contributed by atoms with van der Waals surface area (Å²) in [7, 11) is 0. The summed E-state index contributed by atoms with van der Waals surface area (Å²) < 4.78 is 6.48. The molecule has 2 rings (SSSR count). The minimum Gasteiger partial charge on any atom is -0.484 e. The first-order chi connectivity index (χ1) is 10.5. The summed E-state index contributed by atoms with van der Waals surface area (Å²) in [4.78, 5) is 14.4. The zero-order chi connectivity index (χ0) is 16.0. The molecule has 1 fully saturated rings. The first-order valence-electron chi connectivity index (χ1n) is 7.87. The molecule has 0 spiro atoms. The van der Waals surface area contributed by atoms with E-state index in [4.69, 9.17) is 4.74 Å². The molecule has 1 amide bonds. The van der Waals surface area contributed by atoms with Crippen LogP contribution in [0.2, 0.25) is 0 Å². The molecule has 1 N–H and O–H groups in total. The molecule has 1 heterocycles. The lowest BCUT2D eigenvalue weighted by Gasteiger charge is -2.41. The topological polar surface area (TPSA) is 41.6 Å². The molecule has 0 saturated carbocycles. The lowest BCUT2D eigenvalue weighted by Crippen LogP contribution is -2.53. The van der Waals surface area contributed by atoms with Crippen molar-refractivity contribution >= 4 is 21.8 Å². The highest BCUT2D eigenvalue weighted by molar-refractivity contribution is 9.10. The molecule has 122 valence electrons. The highest BCUT2D eigenvalue weighted by Gasteiger charge is 2.28. The van der Waals surface area contributed by atoms with Gasteiger partial charge in [-0.15, -0.1) is 0 Å². The molecule has 0 aromatic heterocycles. The van der Waals surface area contributed by atoms with Gasteiger partial charge in [0, 0.05) is 16.6 Å². The number of nitrogens with one attached hydrogen (secondary N) is 1. The van der Waals surface area contributed by atoms with Gasteiger partial charge >= 0.3 is 0 Å². The Hall–Kier alpha value is -1.07. The van der Waals surface area contributed by atoms with Crippen LogP contribution in [0.1, 0.15) is 33.1 Å². The average molecular weight is 369 g/mol. The normalized spacial score (nSPS) is 16.3. The largest absolute Gasteiger partial charge is 0.484 e. The molecule has 0 radical (unpaired) electrons. The SMILES string of the molecule is CC(C)(CNC(=O)COc1ccc(Br)cc1)N1CCCCC1. The van der Waals surface area contributed by atoms with Crippen molar-refractivity contribution in [2.45, 2.75) is 38.6 Å². The molecule has 5 heteroatoms. The van der Waals surface area contributed by atoms with Crippen LogP contribution in [0.5, 0.6) is 5.75 Å². The number of ether oxygens (including phenoxy) is 1. The number of benzene rings is 1. The van der Waals surface area contributed by atoms with Crippen LogP contribution >= 0.6 is 15.9 Å². The summed E-state index contributed by atoms with van der Waals surface area (Å²) in [6.45, 7) is 7.33. The smallest absolute Gasteiger partial charge is 0.258 e. The van der Waals surface area contributed by atoms with E-state index in [2.05, 4.69) is 40.0 Å². The average Bonchev–Trinajstić information content (AvgIpc) is 2.53. The molecule has 1 saturated heterocycles. The lowest BCUT2D eigenvalue weighted by molar-refractivity contribution is -0.123. The number of hydrogen-bond donors (Lipinski definition) is 1. The van der Waals surface area contributed by atoms with Gasteiger partial charge in [0.15, 0.2) is 6.61 Å². The van der Waals surface area contributed by atoms with Crippen molar-refractivity contribution in [1.29, 1.82) is 0 Å². The number of rotatable bonds is 6. The fraction of sp³-hybridized carbons (Fsp3) is 0.588. The van der Waals surface area contributed by atoms with E-state index >= 15 is 0 Å². The van der Waals surface area contributed by atoms with Crippen molar-refractivity contribution in [3.8, 4) is 5.75 Å². The predicted octanol–water partition coefficient (Wildman–Crippen LogP) is 3.21. The van der Waals surface area contributed by atoms with Crippen molar-refractivity contribution in [2.24, 2.45) is 0 Å². The number of halogens is 1. The molecule has 0 bridgehead atoms. The van der Waals surface area contributed by atoms with E-state index in [0.717, 1.165) is 17.6 Å². The fourth-order valence-corrected chi connectivity index (χ4v) is 2.92. The van der Waals surface area contributed by atoms with Gasteiger partial charge in [-0.3, -0.25) is 9.69 Å². The van der Waals surface area contributed by atoms with Gasteiger partial charge in [-0.2, -0.15) is 0 Å². The molecular formula is C17H25BrN2O2. The summed E-state index contributed by atoms with van der Waals surface area (Å²) in [5.74, 6) is 0.627. The van der Waals surface area contributed by atoms with E-state index in [1.807, 2.05) is 24.3 Å². The van der Waals surface area contributed by atoms with Crippen LogP contribution in [0.15, 0.2) is 28.7 Å². The number of carbonyl (C=O) groups is 1. The molecule has 0 atom stereocenters. The van der Waals surface area contributed by atoms with E-state index < -0.39 is 0 Å². The molecule has 1 aromatic rings. The second kappa shape index (κ2) is 7.97. The maximum absolute atomic E-state index is 11.9. The van der Waals surface area contributed by atoms with Crippen LogP contribution in [-0.2, 0) is 4.79 Å². The summed E-state index contributed by atoms with van der Waals surface area (Å²) in [6.07, 6.45) is 3.83. The van der Waals surface area contributed by atoms with Gasteiger partial charge in [0.05, 0.1) is 0 Å². The second-order valence-electron chi connectivity index (χ2n) is 6.38. The molecular weight excluding hydrogens is 344 g/mol. The third kappa shape index (κ3) is 5.29. The van der Waals surface area contributed by atoms with Crippen molar-refractivity contribution in [1.82, 2.24) is 10.2 Å². The van der Waals surface area contributed by atoms with Crippen LogP contribution in [-0.4, -0.2) is 42.6 Å². The Balaban J connectivity index is 1.73. The van der Waals surface area contributed by atoms with E-state index in [9.17, 15) is 4.79 Å². The molecule has 4 nitrogen and oxygen atoms in total. The third-order valence-electron chi connectivity index (χ3n) is 4.11. The zero-order valence-corrected chi connectivity index (χ0v) is 15.0. The van der Waals surface area contributed by atoms with Crippen LogP contribution in [0.3, 0.4) is 0 Å². The monoisotopic (exact) mass is 368 g/mol. The lowest BCUT2D eigenvalue weighted by atomic mass is 9.98. The quantitative estimate of drug-likeness (QED) is 0.837. The standard InChI is InChI=1S/C17H25BrN2O2/c1-17(2,20-10-4-3-5-11-20)13-19-16(21)12-22-15-8-6-14(18)7-9-15/h6-9H,3-5,10-13H2,1-2H3,(H,19,21). The minimum absolute atomic E-state index is 0.00626. The van der Waals surface area contributed by atoms with Gasteiger partial charge in [0.2, 0.25) is 0 Å². The Kier molecular flexibility index (Phi) is 6.26. The Morgan fingerprint density at radius 2 is 1.86 bits per heavy atom. The molecule has 1 aliphatic rings. The Bertz CT molecular complexity index is 482. The number of amides is 1. The number of piperidine rings is 1. The van der Waals surface area contributed by atoms with Crippen LogP contribution in [0.25, 0.3) is 0 Å². The van der Waals surface area contributed by atoms with Crippen LogP contribution < -0.4 is 10.1 Å². The molecule has 1 aromatic carbocycles. The summed E-state index contributed by atoms with van der Waals surface area (Å²) in [5.41, 5.74) is -0.00626. The zero-order valence-electron chi connectivity index (χ0n) is 13.4. The Morgan fingerprint density at radius 3 is 2.50 bits per heavy atom. The Morgan fingerprint density at radius 1 is 1.23 bits per heavy atom. The van der Waals surface area contributed by atoms with E-state index in [1.54, 1.807) is 0 Å². The number of hydrogen-bond acceptors (Lipinski definition) is 3. The predicted molar refractivity (Wildman–Crippen MR) is 92.1 cm³/mol. The number of nitrogens with zero attached hydrogens (tertiary/aromatic N) is 1. The van der Waals surface area contributed by atoms with E-state index in [0.29, 0.717) is 12.3 Å². The Labute approximate surface area is 141 Å². The van der Waals surface area contributed by atoms with Gasteiger partial charge < -0.3 is 10.1 Å². The molecule has 22 heavy (non-hydrogen) atoms. The number of carbonyl (C=O) groups excluding carboxylic acids is 1. The highest BCUT2D eigenvalue weighted by atomic mass is 79.9. The summed E-state index contributed by atoms with van der Waals surface area (Å²) in [6, 6.07) is 7.48. The minimum atomic E-state index is -0.0759. The maximum Gasteiger partial charge on any atom is 0.258 e. The summed E-state index contributed by atoms with van der Waals surface area (Å²) in [5, 5.41) is 2.99. The van der Waals surface area contributed by atoms with Crippen molar-refractivity contribution in [3.05, 3.63) is 28.7 Å². The van der Waals surface area contributed by atoms with Crippen molar-refractivity contribution in [3.63, 3.8) is 0 Å². The molecule has 1 aliphatic heterocycles.